The molecule has 2 rings (SSSR count). The van der Waals surface area contributed by atoms with E-state index in [2.05, 4.69) is 5.32 Å². The Balaban J connectivity index is 1.97. The van der Waals surface area contributed by atoms with Crippen LogP contribution in [0.5, 0.6) is 5.75 Å². The number of hydrogen-bond acceptors (Lipinski definition) is 4. The van der Waals surface area contributed by atoms with Gasteiger partial charge >= 0.3 is 0 Å². The van der Waals surface area contributed by atoms with Crippen molar-refractivity contribution in [1.82, 2.24) is 10.2 Å². The lowest BCUT2D eigenvalue weighted by molar-refractivity contribution is -0.133. The minimum atomic E-state index is -0.344. The van der Waals surface area contributed by atoms with Crippen LogP contribution in [0.2, 0.25) is 0 Å². The summed E-state index contributed by atoms with van der Waals surface area (Å²) in [6.07, 6.45) is 0.756. The smallest absolute Gasteiger partial charge is 0.242 e. The number of phenolic OH excluding ortho intramolecular Hbond substituents is 1. The summed E-state index contributed by atoms with van der Waals surface area (Å²) in [6.45, 7) is 0.921. The van der Waals surface area contributed by atoms with Crippen molar-refractivity contribution in [2.24, 2.45) is 5.73 Å². The van der Waals surface area contributed by atoms with Crippen LogP contribution < -0.4 is 11.1 Å². The van der Waals surface area contributed by atoms with Gasteiger partial charge in [-0.25, -0.2) is 0 Å². The Labute approximate surface area is 111 Å². The first-order chi connectivity index (χ1) is 9.10. The van der Waals surface area contributed by atoms with Gasteiger partial charge in [0.2, 0.25) is 11.8 Å². The fourth-order valence-electron chi connectivity index (χ4n) is 2.11. The molecule has 6 nitrogen and oxygen atoms in total. The SMILES string of the molecule is NCC(=O)NCC(=O)N1CCc2ccc(O)cc2C1. The Morgan fingerprint density at radius 3 is 2.89 bits per heavy atom. The zero-order valence-corrected chi connectivity index (χ0v) is 10.6. The zero-order chi connectivity index (χ0) is 13.8. The molecule has 1 aliphatic rings. The molecule has 0 atom stereocenters. The summed E-state index contributed by atoms with van der Waals surface area (Å²) >= 11 is 0. The fraction of sp³-hybridized carbons (Fsp3) is 0.385. The molecular formula is C13H17N3O3. The van der Waals surface area contributed by atoms with Gasteiger partial charge in [0.05, 0.1) is 13.1 Å². The van der Waals surface area contributed by atoms with E-state index in [0.717, 1.165) is 17.5 Å². The van der Waals surface area contributed by atoms with Crippen molar-refractivity contribution in [3.63, 3.8) is 0 Å². The van der Waals surface area contributed by atoms with E-state index in [0.29, 0.717) is 13.1 Å². The minimum absolute atomic E-state index is 0.0375. The van der Waals surface area contributed by atoms with Crippen molar-refractivity contribution in [2.45, 2.75) is 13.0 Å². The van der Waals surface area contributed by atoms with Crippen molar-refractivity contribution < 1.29 is 14.7 Å². The molecule has 0 aromatic heterocycles. The number of carbonyl (C=O) groups is 2. The average molecular weight is 263 g/mol. The van der Waals surface area contributed by atoms with Crippen molar-refractivity contribution in [3.8, 4) is 5.75 Å². The van der Waals surface area contributed by atoms with Gasteiger partial charge in [-0.3, -0.25) is 9.59 Å². The number of hydrogen-bond donors (Lipinski definition) is 3. The van der Waals surface area contributed by atoms with Crippen LogP contribution in [-0.2, 0) is 22.6 Å². The van der Waals surface area contributed by atoms with Crippen LogP contribution in [0.3, 0.4) is 0 Å². The average Bonchev–Trinajstić information content (AvgIpc) is 2.43. The van der Waals surface area contributed by atoms with E-state index < -0.39 is 0 Å². The van der Waals surface area contributed by atoms with E-state index in [1.165, 1.54) is 0 Å². The third kappa shape index (κ3) is 3.23. The van der Waals surface area contributed by atoms with Crippen LogP contribution in [0, 0.1) is 0 Å². The summed E-state index contributed by atoms with van der Waals surface area (Å²) in [4.78, 5) is 24.6. The van der Waals surface area contributed by atoms with Crippen molar-refractivity contribution in [1.29, 1.82) is 0 Å². The van der Waals surface area contributed by atoms with Crippen LogP contribution in [0.1, 0.15) is 11.1 Å². The lowest BCUT2D eigenvalue weighted by atomic mass is 9.99. The van der Waals surface area contributed by atoms with Gasteiger partial charge in [-0.05, 0) is 29.7 Å². The molecule has 102 valence electrons. The van der Waals surface area contributed by atoms with E-state index >= 15 is 0 Å². The molecule has 19 heavy (non-hydrogen) atoms. The topological polar surface area (TPSA) is 95.7 Å². The molecule has 1 aromatic rings. The number of carbonyl (C=O) groups excluding carboxylic acids is 2. The normalized spacial score (nSPS) is 13.8. The van der Waals surface area contributed by atoms with Gasteiger partial charge in [-0.2, -0.15) is 0 Å². The lowest BCUT2D eigenvalue weighted by Crippen LogP contribution is -2.43. The van der Waals surface area contributed by atoms with Gasteiger partial charge in [-0.15, -0.1) is 0 Å². The first-order valence-corrected chi connectivity index (χ1v) is 6.15. The van der Waals surface area contributed by atoms with E-state index in [-0.39, 0.29) is 30.7 Å². The van der Waals surface area contributed by atoms with Crippen LogP contribution in [0.25, 0.3) is 0 Å². The minimum Gasteiger partial charge on any atom is -0.508 e. The number of phenols is 1. The maximum absolute atomic E-state index is 11.9. The van der Waals surface area contributed by atoms with Gasteiger partial charge in [0.25, 0.3) is 0 Å². The van der Waals surface area contributed by atoms with Gasteiger partial charge in [-0.1, -0.05) is 6.07 Å². The molecule has 0 spiro atoms. The molecule has 0 saturated carbocycles. The van der Waals surface area contributed by atoms with E-state index in [1.54, 1.807) is 17.0 Å². The summed E-state index contributed by atoms with van der Waals surface area (Å²) in [5.41, 5.74) is 7.25. The maximum Gasteiger partial charge on any atom is 0.242 e. The summed E-state index contributed by atoms with van der Waals surface area (Å²) in [6, 6.07) is 5.20. The van der Waals surface area contributed by atoms with Crippen molar-refractivity contribution in [3.05, 3.63) is 29.3 Å². The molecule has 2 amide bonds. The first-order valence-electron chi connectivity index (χ1n) is 6.15. The van der Waals surface area contributed by atoms with Gasteiger partial charge < -0.3 is 21.1 Å². The lowest BCUT2D eigenvalue weighted by Gasteiger charge is -2.29. The Morgan fingerprint density at radius 2 is 2.16 bits per heavy atom. The predicted octanol–water partition coefficient (Wildman–Crippen LogP) is -0.648. The van der Waals surface area contributed by atoms with E-state index in [9.17, 15) is 14.7 Å². The number of aromatic hydroxyl groups is 1. The van der Waals surface area contributed by atoms with E-state index in [4.69, 9.17) is 5.73 Å². The van der Waals surface area contributed by atoms with Crippen LogP contribution in [0.15, 0.2) is 18.2 Å². The van der Waals surface area contributed by atoms with Gasteiger partial charge in [0, 0.05) is 13.1 Å². The number of benzene rings is 1. The van der Waals surface area contributed by atoms with Gasteiger partial charge in [0.1, 0.15) is 5.75 Å². The summed E-state index contributed by atoms with van der Waals surface area (Å²) in [5.74, 6) is -0.288. The van der Waals surface area contributed by atoms with Crippen molar-refractivity contribution >= 4 is 11.8 Å². The predicted molar refractivity (Wildman–Crippen MR) is 69.3 cm³/mol. The second-order valence-electron chi connectivity index (χ2n) is 4.50. The number of amides is 2. The first kappa shape index (κ1) is 13.4. The Hall–Kier alpha value is -2.08. The Bertz CT molecular complexity index is 502. The summed E-state index contributed by atoms with van der Waals surface area (Å²) in [7, 11) is 0. The molecule has 1 aliphatic heterocycles. The molecule has 4 N–H and O–H groups in total. The Kier molecular flexibility index (Phi) is 4.01. The Morgan fingerprint density at radius 1 is 1.37 bits per heavy atom. The molecule has 1 heterocycles. The van der Waals surface area contributed by atoms with Crippen LogP contribution in [-0.4, -0.2) is 41.5 Å². The molecule has 0 aliphatic carbocycles. The monoisotopic (exact) mass is 263 g/mol. The highest BCUT2D eigenvalue weighted by atomic mass is 16.3. The fourth-order valence-corrected chi connectivity index (χ4v) is 2.11. The largest absolute Gasteiger partial charge is 0.508 e. The highest BCUT2D eigenvalue weighted by molar-refractivity contribution is 5.85. The standard InChI is InChI=1S/C13H17N3O3/c14-6-12(18)15-7-13(19)16-4-3-9-1-2-11(17)5-10(9)8-16/h1-2,5,17H,3-4,6-8,14H2,(H,15,18). The number of nitrogens with two attached hydrogens (primary N) is 1. The molecule has 0 unspecified atom stereocenters. The summed E-state index contributed by atoms with van der Waals surface area (Å²) in [5, 5.41) is 11.9. The molecule has 0 bridgehead atoms. The zero-order valence-electron chi connectivity index (χ0n) is 10.6. The quantitative estimate of drug-likeness (QED) is 0.675. The number of nitrogens with zero attached hydrogens (tertiary/aromatic N) is 1. The third-order valence-electron chi connectivity index (χ3n) is 3.18. The van der Waals surface area contributed by atoms with Crippen LogP contribution >= 0.6 is 0 Å². The summed E-state index contributed by atoms with van der Waals surface area (Å²) < 4.78 is 0. The molecular weight excluding hydrogens is 246 g/mol. The molecule has 1 aromatic carbocycles. The van der Waals surface area contributed by atoms with E-state index in [1.807, 2.05) is 6.07 Å². The molecule has 6 heteroatoms. The van der Waals surface area contributed by atoms with Gasteiger partial charge in [0.15, 0.2) is 0 Å². The van der Waals surface area contributed by atoms with Crippen molar-refractivity contribution in [2.75, 3.05) is 19.6 Å². The van der Waals surface area contributed by atoms with Crippen LogP contribution in [0.4, 0.5) is 0 Å². The molecule has 0 saturated heterocycles. The third-order valence-corrected chi connectivity index (χ3v) is 3.18. The number of nitrogens with one attached hydrogen (secondary N) is 1. The maximum atomic E-state index is 11.9. The molecule has 0 radical (unpaired) electrons. The second kappa shape index (κ2) is 5.71. The number of rotatable bonds is 3. The highest BCUT2D eigenvalue weighted by Crippen LogP contribution is 2.22. The highest BCUT2D eigenvalue weighted by Gasteiger charge is 2.20. The number of fused-ring (bicyclic) bond motifs is 1. The molecule has 0 fully saturated rings. The second-order valence-corrected chi connectivity index (χ2v) is 4.50.